The molecule has 0 aliphatic rings. The van der Waals surface area contributed by atoms with E-state index in [0.717, 1.165) is 36.8 Å². The monoisotopic (exact) mass is 511 g/mol. The van der Waals surface area contributed by atoms with Crippen molar-refractivity contribution >= 4 is 17.9 Å². The Labute approximate surface area is 221 Å². The van der Waals surface area contributed by atoms with Crippen molar-refractivity contribution in [2.75, 3.05) is 20.2 Å². The van der Waals surface area contributed by atoms with E-state index >= 15 is 0 Å². The second-order valence-corrected chi connectivity index (χ2v) is 10.4. The molecule has 2 rings (SSSR count). The Hall–Kier alpha value is -3.19. The predicted molar refractivity (Wildman–Crippen MR) is 142 cm³/mol. The molecule has 0 aliphatic carbocycles. The molecular weight excluding hydrogens is 470 g/mol. The first kappa shape index (κ1) is 30.0. The Morgan fingerprint density at radius 1 is 0.757 bits per heavy atom. The van der Waals surface area contributed by atoms with Crippen LogP contribution in [0.1, 0.15) is 64.0 Å². The Morgan fingerprint density at radius 2 is 1.24 bits per heavy atom. The molecule has 1 atom stereocenters. The Balaban J connectivity index is 2.04. The number of unbranched alkanes of at least 4 members (excludes halogenated alkanes) is 2. The molecule has 1 unspecified atom stereocenters. The van der Waals surface area contributed by atoms with E-state index < -0.39 is 23.9 Å². The van der Waals surface area contributed by atoms with Crippen LogP contribution in [0.15, 0.2) is 60.7 Å². The van der Waals surface area contributed by atoms with Crippen molar-refractivity contribution < 1.29 is 28.6 Å². The first-order valence-corrected chi connectivity index (χ1v) is 12.9. The maximum atomic E-state index is 12.7. The van der Waals surface area contributed by atoms with Crippen LogP contribution >= 0.6 is 0 Å². The first-order valence-electron chi connectivity index (χ1n) is 12.9. The molecule has 0 aliphatic heterocycles. The lowest BCUT2D eigenvalue weighted by Crippen LogP contribution is -2.47. The molecule has 0 heterocycles. The van der Waals surface area contributed by atoms with Gasteiger partial charge in [0, 0.05) is 0 Å². The van der Waals surface area contributed by atoms with E-state index in [1.54, 1.807) is 0 Å². The highest BCUT2D eigenvalue weighted by Crippen LogP contribution is 2.23. The van der Waals surface area contributed by atoms with E-state index in [2.05, 4.69) is 20.8 Å². The molecule has 0 spiro atoms. The minimum atomic E-state index is -0.756. The van der Waals surface area contributed by atoms with Crippen LogP contribution in [0, 0.1) is 5.41 Å². The average molecular weight is 512 g/mol. The number of nitrogens with zero attached hydrogens (tertiary/aromatic N) is 1. The first-order chi connectivity index (χ1) is 17.7. The standard InChI is InChI=1S/C30H41NO6/c1-30(2,3)19-13-7-12-18-26(29(34)35-4)31(20-27(32)36-22-24-14-8-5-9-15-24)21-28(33)37-23-25-16-10-6-11-17-25/h5-6,8-11,14-17,26H,7,12-13,18-23H2,1-4H3. The van der Waals surface area contributed by atoms with Crippen molar-refractivity contribution in [3.05, 3.63) is 71.8 Å². The van der Waals surface area contributed by atoms with Crippen molar-refractivity contribution in [1.82, 2.24) is 4.90 Å². The fraction of sp³-hybridized carbons (Fsp3) is 0.500. The Bertz CT molecular complexity index is 898. The molecule has 0 bridgehead atoms. The summed E-state index contributed by atoms with van der Waals surface area (Å²) in [7, 11) is 1.31. The fourth-order valence-corrected chi connectivity index (χ4v) is 3.93. The highest BCUT2D eigenvalue weighted by Gasteiger charge is 2.30. The van der Waals surface area contributed by atoms with Gasteiger partial charge in [-0.2, -0.15) is 0 Å². The molecule has 7 heteroatoms. The third-order valence-electron chi connectivity index (χ3n) is 5.97. The lowest BCUT2D eigenvalue weighted by atomic mass is 9.89. The number of benzene rings is 2. The van der Waals surface area contributed by atoms with Gasteiger partial charge in [-0.15, -0.1) is 0 Å². The molecule has 0 radical (unpaired) electrons. The molecule has 0 saturated heterocycles. The zero-order chi connectivity index (χ0) is 27.1. The quantitative estimate of drug-likeness (QED) is 0.182. The van der Waals surface area contributed by atoms with Crippen LogP contribution in [0.3, 0.4) is 0 Å². The third-order valence-corrected chi connectivity index (χ3v) is 5.97. The zero-order valence-electron chi connectivity index (χ0n) is 22.6. The molecule has 2 aromatic rings. The molecule has 0 aromatic heterocycles. The van der Waals surface area contributed by atoms with Crippen LogP contribution in [0.4, 0.5) is 0 Å². The summed E-state index contributed by atoms with van der Waals surface area (Å²) in [5, 5.41) is 0. The van der Waals surface area contributed by atoms with Crippen LogP contribution < -0.4 is 0 Å². The van der Waals surface area contributed by atoms with E-state index in [-0.39, 0.29) is 31.7 Å². The lowest BCUT2D eigenvalue weighted by Gasteiger charge is -2.28. The van der Waals surface area contributed by atoms with E-state index in [1.807, 2.05) is 60.7 Å². The lowest BCUT2D eigenvalue weighted by molar-refractivity contribution is -0.156. The van der Waals surface area contributed by atoms with Crippen LogP contribution in [0.2, 0.25) is 0 Å². The molecule has 0 N–H and O–H groups in total. The van der Waals surface area contributed by atoms with Crippen LogP contribution in [0.25, 0.3) is 0 Å². The van der Waals surface area contributed by atoms with Gasteiger partial charge in [0.2, 0.25) is 0 Å². The fourth-order valence-electron chi connectivity index (χ4n) is 3.93. The van der Waals surface area contributed by atoms with Gasteiger partial charge in [0.1, 0.15) is 19.3 Å². The van der Waals surface area contributed by atoms with Gasteiger partial charge in [0.25, 0.3) is 0 Å². The van der Waals surface area contributed by atoms with Gasteiger partial charge in [-0.05, 0) is 29.4 Å². The maximum absolute atomic E-state index is 12.7. The molecule has 0 fully saturated rings. The summed E-state index contributed by atoms with van der Waals surface area (Å²) in [6.45, 7) is 6.38. The van der Waals surface area contributed by atoms with Gasteiger partial charge < -0.3 is 14.2 Å². The van der Waals surface area contributed by atoms with Gasteiger partial charge in [-0.25, -0.2) is 0 Å². The predicted octanol–water partition coefficient (Wildman–Crippen LogP) is 5.31. The van der Waals surface area contributed by atoms with E-state index in [1.165, 1.54) is 12.0 Å². The normalized spacial score (nSPS) is 12.1. The highest BCUT2D eigenvalue weighted by atomic mass is 16.5. The van der Waals surface area contributed by atoms with E-state index in [9.17, 15) is 14.4 Å². The van der Waals surface area contributed by atoms with Gasteiger partial charge >= 0.3 is 17.9 Å². The van der Waals surface area contributed by atoms with Crippen molar-refractivity contribution in [2.45, 2.75) is 72.1 Å². The molecule has 0 saturated carbocycles. The number of rotatable bonds is 15. The van der Waals surface area contributed by atoms with Crippen molar-refractivity contribution in [3.8, 4) is 0 Å². The summed E-state index contributed by atoms with van der Waals surface area (Å²) in [5.41, 5.74) is 1.96. The summed E-state index contributed by atoms with van der Waals surface area (Å²) in [4.78, 5) is 39.7. The van der Waals surface area contributed by atoms with Crippen molar-refractivity contribution in [1.29, 1.82) is 0 Å². The summed E-state index contributed by atoms with van der Waals surface area (Å²) >= 11 is 0. The largest absolute Gasteiger partial charge is 0.468 e. The number of methoxy groups -OCH3 is 1. The number of carbonyl (C=O) groups is 3. The summed E-state index contributed by atoms with van der Waals surface area (Å²) in [6.07, 6.45) is 4.29. The Morgan fingerprint density at radius 3 is 1.68 bits per heavy atom. The molecule has 7 nitrogen and oxygen atoms in total. The van der Waals surface area contributed by atoms with Gasteiger partial charge in [0.15, 0.2) is 0 Å². The molecule has 0 amide bonds. The van der Waals surface area contributed by atoms with Gasteiger partial charge in [-0.3, -0.25) is 19.3 Å². The summed E-state index contributed by atoms with van der Waals surface area (Å²) < 4.78 is 15.9. The molecule has 37 heavy (non-hydrogen) atoms. The number of esters is 3. The minimum Gasteiger partial charge on any atom is -0.468 e. The number of hydrogen-bond donors (Lipinski definition) is 0. The highest BCUT2D eigenvalue weighted by molar-refractivity contribution is 5.80. The van der Waals surface area contributed by atoms with Gasteiger partial charge in [-0.1, -0.05) is 101 Å². The van der Waals surface area contributed by atoms with E-state index in [0.29, 0.717) is 6.42 Å². The second-order valence-electron chi connectivity index (χ2n) is 10.4. The SMILES string of the molecule is COC(=O)C(CCCCCC(C)(C)C)N(CC(=O)OCc1ccccc1)CC(=O)OCc1ccccc1. The minimum absolute atomic E-state index is 0.113. The zero-order valence-corrected chi connectivity index (χ0v) is 22.6. The maximum Gasteiger partial charge on any atom is 0.323 e. The number of hydrogen-bond acceptors (Lipinski definition) is 7. The van der Waals surface area contributed by atoms with Crippen molar-refractivity contribution in [2.24, 2.45) is 5.41 Å². The van der Waals surface area contributed by atoms with Crippen LogP contribution in [0.5, 0.6) is 0 Å². The van der Waals surface area contributed by atoms with Gasteiger partial charge in [0.05, 0.1) is 20.2 Å². The van der Waals surface area contributed by atoms with Crippen molar-refractivity contribution in [3.63, 3.8) is 0 Å². The third kappa shape index (κ3) is 12.6. The average Bonchev–Trinajstić information content (AvgIpc) is 2.88. The summed E-state index contributed by atoms with van der Waals surface area (Å²) in [6, 6.07) is 17.9. The Kier molecular flexibility index (Phi) is 12.8. The number of ether oxygens (including phenoxy) is 3. The topological polar surface area (TPSA) is 82.1 Å². The number of carbonyl (C=O) groups excluding carboxylic acids is 3. The van der Waals surface area contributed by atoms with Crippen LogP contribution in [-0.2, 0) is 41.8 Å². The second kappa shape index (κ2) is 15.8. The van der Waals surface area contributed by atoms with E-state index in [4.69, 9.17) is 14.2 Å². The molecular formula is C30H41NO6. The molecule has 2 aromatic carbocycles. The summed E-state index contributed by atoms with van der Waals surface area (Å²) in [5.74, 6) is -1.54. The smallest absolute Gasteiger partial charge is 0.323 e. The van der Waals surface area contributed by atoms with Crippen LogP contribution in [-0.4, -0.2) is 49.0 Å². The molecule has 202 valence electrons.